The van der Waals surface area contributed by atoms with E-state index in [0.29, 0.717) is 25.9 Å². The second kappa shape index (κ2) is 8.15. The van der Waals surface area contributed by atoms with Crippen molar-refractivity contribution in [1.82, 2.24) is 5.32 Å². The molecule has 0 saturated carbocycles. The monoisotopic (exact) mass is 264 g/mol. The molecule has 0 aliphatic carbocycles. The zero-order valence-electron chi connectivity index (χ0n) is 11.7. The highest BCUT2D eigenvalue weighted by Crippen LogP contribution is 2.15. The summed E-state index contributed by atoms with van der Waals surface area (Å²) in [4.78, 5) is 0. The fourth-order valence-electron chi connectivity index (χ4n) is 2.29. The van der Waals surface area contributed by atoms with E-state index in [4.69, 9.17) is 9.47 Å². The van der Waals surface area contributed by atoms with Crippen LogP contribution in [0.2, 0.25) is 0 Å². The summed E-state index contributed by atoms with van der Waals surface area (Å²) in [5, 5.41) is 6.98. The highest BCUT2D eigenvalue weighted by Gasteiger charge is 2.12. The Morgan fingerprint density at radius 1 is 1.26 bits per heavy atom. The molecule has 19 heavy (non-hydrogen) atoms. The Kier molecular flexibility index (Phi) is 6.14. The first-order valence-electron chi connectivity index (χ1n) is 7.01. The van der Waals surface area contributed by atoms with Crippen LogP contribution in [-0.4, -0.2) is 39.5 Å². The first-order chi connectivity index (χ1) is 9.38. The molecule has 2 N–H and O–H groups in total. The Hall–Kier alpha value is -1.10. The summed E-state index contributed by atoms with van der Waals surface area (Å²) in [5.41, 5.74) is 2.40. The second-order valence-corrected chi connectivity index (χ2v) is 4.91. The van der Waals surface area contributed by atoms with E-state index >= 15 is 0 Å². The molecule has 0 spiro atoms. The molecule has 0 bridgehead atoms. The standard InChI is InChI=1S/C15H24N2O2/c1-18-9-10-19-12-13-3-2-4-15(11-13)17-14-5-7-16-8-6-14/h2-4,11,14,16-17H,5-10,12H2,1H3. The van der Waals surface area contributed by atoms with Gasteiger partial charge in [-0.25, -0.2) is 0 Å². The molecule has 0 amide bonds. The molecular weight excluding hydrogens is 240 g/mol. The molecule has 1 aromatic carbocycles. The van der Waals surface area contributed by atoms with Crippen LogP contribution in [0.25, 0.3) is 0 Å². The van der Waals surface area contributed by atoms with Crippen molar-refractivity contribution < 1.29 is 9.47 Å². The van der Waals surface area contributed by atoms with Gasteiger partial charge in [0.25, 0.3) is 0 Å². The Labute approximate surface area is 115 Å². The molecule has 0 aromatic heterocycles. The van der Waals surface area contributed by atoms with Crippen molar-refractivity contribution in [2.75, 3.05) is 38.7 Å². The number of ether oxygens (including phenoxy) is 2. The lowest BCUT2D eigenvalue weighted by Crippen LogP contribution is -2.35. The van der Waals surface area contributed by atoms with Crippen molar-refractivity contribution in [2.24, 2.45) is 0 Å². The first kappa shape index (κ1) is 14.3. The van der Waals surface area contributed by atoms with E-state index in [2.05, 4.69) is 34.9 Å². The average Bonchev–Trinajstić information content (AvgIpc) is 2.45. The Morgan fingerprint density at radius 2 is 2.11 bits per heavy atom. The fraction of sp³-hybridized carbons (Fsp3) is 0.600. The summed E-state index contributed by atoms with van der Waals surface area (Å²) in [7, 11) is 1.69. The van der Waals surface area contributed by atoms with Gasteiger partial charge >= 0.3 is 0 Å². The number of rotatable bonds is 7. The number of nitrogens with one attached hydrogen (secondary N) is 2. The highest BCUT2D eigenvalue weighted by atomic mass is 16.5. The zero-order chi connectivity index (χ0) is 13.3. The number of benzene rings is 1. The van der Waals surface area contributed by atoms with Crippen molar-refractivity contribution in [3.05, 3.63) is 29.8 Å². The molecule has 106 valence electrons. The molecule has 1 heterocycles. The summed E-state index contributed by atoms with van der Waals surface area (Å²) in [6.07, 6.45) is 2.38. The predicted molar refractivity (Wildman–Crippen MR) is 77.5 cm³/mol. The van der Waals surface area contributed by atoms with Gasteiger partial charge in [-0.1, -0.05) is 12.1 Å². The van der Waals surface area contributed by atoms with Gasteiger partial charge in [-0.3, -0.25) is 0 Å². The van der Waals surface area contributed by atoms with E-state index in [1.807, 2.05) is 0 Å². The van der Waals surface area contributed by atoms with Crippen LogP contribution in [0.5, 0.6) is 0 Å². The topological polar surface area (TPSA) is 42.5 Å². The van der Waals surface area contributed by atoms with E-state index in [1.54, 1.807) is 7.11 Å². The van der Waals surface area contributed by atoms with E-state index in [0.717, 1.165) is 13.1 Å². The smallest absolute Gasteiger partial charge is 0.0718 e. The zero-order valence-corrected chi connectivity index (χ0v) is 11.7. The summed E-state index contributed by atoms with van der Waals surface area (Å²) >= 11 is 0. The molecule has 4 heteroatoms. The maximum atomic E-state index is 5.54. The van der Waals surface area contributed by atoms with Gasteiger partial charge in [0.1, 0.15) is 0 Å². The molecule has 1 saturated heterocycles. The van der Waals surface area contributed by atoms with Gasteiger partial charge in [0, 0.05) is 18.8 Å². The number of hydrogen-bond acceptors (Lipinski definition) is 4. The van der Waals surface area contributed by atoms with Crippen LogP contribution in [0.15, 0.2) is 24.3 Å². The normalized spacial score (nSPS) is 16.5. The van der Waals surface area contributed by atoms with Gasteiger partial charge < -0.3 is 20.1 Å². The Morgan fingerprint density at radius 3 is 2.89 bits per heavy atom. The minimum atomic E-state index is 0.589. The molecule has 1 aromatic rings. The van der Waals surface area contributed by atoms with Crippen LogP contribution in [0.1, 0.15) is 18.4 Å². The number of anilines is 1. The molecule has 2 rings (SSSR count). The van der Waals surface area contributed by atoms with Gasteiger partial charge in [-0.05, 0) is 43.6 Å². The minimum Gasteiger partial charge on any atom is -0.382 e. The lowest BCUT2D eigenvalue weighted by atomic mass is 10.1. The third-order valence-electron chi connectivity index (χ3n) is 3.34. The lowest BCUT2D eigenvalue weighted by molar-refractivity contribution is 0.0617. The van der Waals surface area contributed by atoms with Crippen LogP contribution < -0.4 is 10.6 Å². The predicted octanol–water partition coefficient (Wildman–Crippen LogP) is 2.01. The molecular formula is C15H24N2O2. The third-order valence-corrected chi connectivity index (χ3v) is 3.34. The summed E-state index contributed by atoms with van der Waals surface area (Å²) < 4.78 is 10.5. The summed E-state index contributed by atoms with van der Waals surface area (Å²) in [6, 6.07) is 9.07. The van der Waals surface area contributed by atoms with Gasteiger partial charge in [0.15, 0.2) is 0 Å². The number of hydrogen-bond donors (Lipinski definition) is 2. The third kappa shape index (κ3) is 5.19. The minimum absolute atomic E-state index is 0.589. The largest absolute Gasteiger partial charge is 0.382 e. The molecule has 1 aliphatic heterocycles. The van der Waals surface area contributed by atoms with Crippen molar-refractivity contribution in [1.29, 1.82) is 0 Å². The lowest BCUT2D eigenvalue weighted by Gasteiger charge is -2.24. The molecule has 0 unspecified atom stereocenters. The first-order valence-corrected chi connectivity index (χ1v) is 7.01. The van der Waals surface area contributed by atoms with E-state index in [9.17, 15) is 0 Å². The van der Waals surface area contributed by atoms with Crippen LogP contribution in [-0.2, 0) is 16.1 Å². The Balaban J connectivity index is 1.80. The van der Waals surface area contributed by atoms with Crippen LogP contribution in [0.4, 0.5) is 5.69 Å². The van der Waals surface area contributed by atoms with Gasteiger partial charge in [0.2, 0.25) is 0 Å². The van der Waals surface area contributed by atoms with Crippen LogP contribution >= 0.6 is 0 Å². The van der Waals surface area contributed by atoms with Crippen molar-refractivity contribution in [3.63, 3.8) is 0 Å². The SMILES string of the molecule is COCCOCc1cccc(NC2CCNCC2)c1. The second-order valence-electron chi connectivity index (χ2n) is 4.91. The van der Waals surface area contributed by atoms with E-state index in [1.165, 1.54) is 24.1 Å². The highest BCUT2D eigenvalue weighted by molar-refractivity contribution is 5.46. The molecule has 1 aliphatic rings. The van der Waals surface area contributed by atoms with E-state index in [-0.39, 0.29) is 0 Å². The van der Waals surface area contributed by atoms with Crippen molar-refractivity contribution in [3.8, 4) is 0 Å². The molecule has 1 fully saturated rings. The Bertz CT molecular complexity index is 365. The number of piperidine rings is 1. The maximum Gasteiger partial charge on any atom is 0.0718 e. The fourth-order valence-corrected chi connectivity index (χ4v) is 2.29. The van der Waals surface area contributed by atoms with Crippen LogP contribution in [0.3, 0.4) is 0 Å². The van der Waals surface area contributed by atoms with Crippen molar-refractivity contribution >= 4 is 5.69 Å². The maximum absolute atomic E-state index is 5.54. The number of methoxy groups -OCH3 is 1. The molecule has 0 radical (unpaired) electrons. The van der Waals surface area contributed by atoms with Gasteiger partial charge in [-0.15, -0.1) is 0 Å². The van der Waals surface area contributed by atoms with Gasteiger partial charge in [-0.2, -0.15) is 0 Å². The molecule has 0 atom stereocenters. The molecule has 4 nitrogen and oxygen atoms in total. The van der Waals surface area contributed by atoms with Crippen molar-refractivity contribution in [2.45, 2.75) is 25.5 Å². The summed E-state index contributed by atoms with van der Waals surface area (Å²) in [5.74, 6) is 0. The quantitative estimate of drug-likeness (QED) is 0.739. The average molecular weight is 264 g/mol. The van der Waals surface area contributed by atoms with E-state index < -0.39 is 0 Å². The van der Waals surface area contributed by atoms with Gasteiger partial charge in [0.05, 0.1) is 19.8 Å². The van der Waals surface area contributed by atoms with Crippen LogP contribution in [0, 0.1) is 0 Å². The summed E-state index contributed by atoms with van der Waals surface area (Å²) in [6.45, 7) is 4.15.